The van der Waals surface area contributed by atoms with E-state index in [9.17, 15) is 26.4 Å². The quantitative estimate of drug-likeness (QED) is 0.605. The highest BCUT2D eigenvalue weighted by Crippen LogP contribution is 2.30. The first-order valence-corrected chi connectivity index (χ1v) is 8.72. The number of aromatic nitrogens is 1. The molecule has 0 radical (unpaired) electrons. The third-order valence-corrected chi connectivity index (χ3v) is 4.85. The molecular weight excluding hydrogens is 371 g/mol. The zero-order chi connectivity index (χ0) is 18.9. The van der Waals surface area contributed by atoms with Crippen LogP contribution in [0, 0.1) is 0 Å². The van der Waals surface area contributed by atoms with Crippen LogP contribution in [-0.2, 0) is 16.2 Å². The van der Waals surface area contributed by atoms with E-state index in [0.29, 0.717) is 17.0 Å². The maximum absolute atomic E-state index is 12.7. The van der Waals surface area contributed by atoms with Gasteiger partial charge in [0.15, 0.2) is 0 Å². The Morgan fingerprint density at radius 2 is 1.77 bits per heavy atom. The number of fused-ring (bicyclic) bond motifs is 1. The number of hydrazine groups is 1. The van der Waals surface area contributed by atoms with Crippen LogP contribution in [0.1, 0.15) is 15.9 Å². The number of nitrogens with one attached hydrogen (secondary N) is 3. The summed E-state index contributed by atoms with van der Waals surface area (Å²) in [5, 5.41) is 0.572. The van der Waals surface area contributed by atoms with Crippen molar-refractivity contribution >= 4 is 26.8 Å². The number of hydrogen-bond acceptors (Lipinski definition) is 3. The molecule has 0 saturated heterocycles. The predicted molar refractivity (Wildman–Crippen MR) is 87.5 cm³/mol. The fourth-order valence-electron chi connectivity index (χ4n) is 2.34. The van der Waals surface area contributed by atoms with E-state index < -0.39 is 32.6 Å². The van der Waals surface area contributed by atoms with Crippen LogP contribution >= 0.6 is 0 Å². The average Bonchev–Trinajstić information content (AvgIpc) is 3.03. The summed E-state index contributed by atoms with van der Waals surface area (Å²) in [6.07, 6.45) is -3.28. The van der Waals surface area contributed by atoms with E-state index in [1.54, 1.807) is 29.1 Å². The van der Waals surface area contributed by atoms with Crippen LogP contribution in [0.5, 0.6) is 0 Å². The first-order valence-electron chi connectivity index (χ1n) is 7.24. The van der Waals surface area contributed by atoms with E-state index in [1.165, 1.54) is 6.20 Å². The maximum atomic E-state index is 12.7. The zero-order valence-corrected chi connectivity index (χ0v) is 13.8. The predicted octanol–water partition coefficient (Wildman–Crippen LogP) is 2.81. The molecule has 0 fully saturated rings. The molecule has 136 valence electrons. The van der Waals surface area contributed by atoms with Crippen molar-refractivity contribution in [3.63, 3.8) is 0 Å². The van der Waals surface area contributed by atoms with Gasteiger partial charge in [-0.1, -0.05) is 24.3 Å². The van der Waals surface area contributed by atoms with Crippen molar-refractivity contribution in [1.29, 1.82) is 0 Å². The number of carbonyl (C=O) groups excluding carboxylic acids is 1. The zero-order valence-electron chi connectivity index (χ0n) is 13.0. The highest BCUT2D eigenvalue weighted by atomic mass is 32.2. The fraction of sp³-hybridized carbons (Fsp3) is 0.0625. The van der Waals surface area contributed by atoms with E-state index in [0.717, 1.165) is 18.2 Å². The average molecular weight is 383 g/mol. The Kier molecular flexibility index (Phi) is 4.46. The second-order valence-electron chi connectivity index (χ2n) is 5.33. The number of alkyl halides is 3. The van der Waals surface area contributed by atoms with Crippen molar-refractivity contribution in [2.75, 3.05) is 0 Å². The topological polar surface area (TPSA) is 91.1 Å². The van der Waals surface area contributed by atoms with Gasteiger partial charge in [-0.3, -0.25) is 10.2 Å². The number of rotatable bonds is 4. The number of para-hydroxylation sites is 1. The third-order valence-electron chi connectivity index (χ3n) is 3.60. The van der Waals surface area contributed by atoms with Gasteiger partial charge in [0.25, 0.3) is 15.9 Å². The molecule has 26 heavy (non-hydrogen) atoms. The van der Waals surface area contributed by atoms with E-state index >= 15 is 0 Å². The molecule has 0 atom stereocenters. The molecular formula is C16H12F3N3O3S. The monoisotopic (exact) mass is 383 g/mol. The second-order valence-corrected chi connectivity index (χ2v) is 7.02. The molecule has 0 aliphatic carbocycles. The van der Waals surface area contributed by atoms with E-state index in [1.807, 2.05) is 5.43 Å². The Morgan fingerprint density at radius 3 is 2.50 bits per heavy atom. The molecule has 1 heterocycles. The van der Waals surface area contributed by atoms with E-state index in [2.05, 4.69) is 4.98 Å². The van der Waals surface area contributed by atoms with Crippen LogP contribution in [0.3, 0.4) is 0 Å². The van der Waals surface area contributed by atoms with Crippen LogP contribution in [0.25, 0.3) is 10.9 Å². The Hall–Kier alpha value is -2.85. The molecule has 2 aromatic carbocycles. The maximum Gasteiger partial charge on any atom is 0.416 e. The number of halogens is 3. The highest BCUT2D eigenvalue weighted by Gasteiger charge is 2.31. The Morgan fingerprint density at radius 1 is 1.04 bits per heavy atom. The van der Waals surface area contributed by atoms with Gasteiger partial charge in [0.1, 0.15) is 0 Å². The highest BCUT2D eigenvalue weighted by molar-refractivity contribution is 7.89. The number of amides is 1. The summed E-state index contributed by atoms with van der Waals surface area (Å²) in [5.74, 6) is -0.752. The lowest BCUT2D eigenvalue weighted by atomic mass is 10.2. The van der Waals surface area contributed by atoms with Crippen molar-refractivity contribution in [2.24, 2.45) is 0 Å². The Bertz CT molecular complexity index is 1070. The first kappa shape index (κ1) is 18.0. The summed E-state index contributed by atoms with van der Waals surface area (Å²) in [5.41, 5.74) is 1.75. The molecule has 0 aliphatic heterocycles. The molecule has 10 heteroatoms. The Balaban J connectivity index is 1.79. The van der Waals surface area contributed by atoms with Gasteiger partial charge in [0.05, 0.1) is 16.0 Å². The summed E-state index contributed by atoms with van der Waals surface area (Å²) in [6.45, 7) is 0. The standard InChI is InChI=1S/C16H12F3N3O3S/c17-16(18,19)10-4-3-5-11(8-10)26(24,25)22-21-15(23)13-9-20-14-7-2-1-6-12(13)14/h1-9,20,22H,(H,21,23). The molecule has 0 aliphatic rings. The molecule has 3 rings (SSSR count). The number of hydrogen-bond donors (Lipinski definition) is 3. The molecule has 0 bridgehead atoms. The van der Waals surface area contributed by atoms with Crippen LogP contribution < -0.4 is 10.3 Å². The summed E-state index contributed by atoms with van der Waals surface area (Å²) in [4.78, 5) is 16.2. The third kappa shape index (κ3) is 3.55. The van der Waals surface area contributed by atoms with Crippen molar-refractivity contribution in [3.05, 3.63) is 65.9 Å². The molecule has 3 aromatic rings. The van der Waals surface area contributed by atoms with Crippen molar-refractivity contribution in [3.8, 4) is 0 Å². The van der Waals surface area contributed by atoms with Crippen LogP contribution in [0.15, 0.2) is 59.6 Å². The van der Waals surface area contributed by atoms with Gasteiger partial charge >= 0.3 is 6.18 Å². The molecule has 1 amide bonds. The minimum atomic E-state index is -4.68. The molecule has 6 nitrogen and oxygen atoms in total. The lowest BCUT2D eigenvalue weighted by molar-refractivity contribution is -0.137. The van der Waals surface area contributed by atoms with Gasteiger partial charge in [0.2, 0.25) is 0 Å². The minimum Gasteiger partial charge on any atom is -0.360 e. The van der Waals surface area contributed by atoms with Gasteiger partial charge in [-0.2, -0.15) is 13.2 Å². The molecule has 0 unspecified atom stereocenters. The van der Waals surface area contributed by atoms with Crippen molar-refractivity contribution in [1.82, 2.24) is 15.2 Å². The summed E-state index contributed by atoms with van der Waals surface area (Å²) in [7, 11) is -4.37. The SMILES string of the molecule is O=C(NNS(=O)(=O)c1cccc(C(F)(F)F)c1)c1c[nH]c2ccccc12. The lowest BCUT2D eigenvalue weighted by Gasteiger charge is -2.11. The number of aromatic amines is 1. The van der Waals surface area contributed by atoms with Gasteiger partial charge < -0.3 is 4.98 Å². The van der Waals surface area contributed by atoms with E-state index in [4.69, 9.17) is 0 Å². The fourth-order valence-corrected chi connectivity index (χ4v) is 3.22. The first-order chi connectivity index (χ1) is 12.2. The number of carbonyl (C=O) groups is 1. The minimum absolute atomic E-state index is 0.187. The molecule has 0 spiro atoms. The molecule has 1 aromatic heterocycles. The molecule has 3 N–H and O–H groups in total. The summed E-state index contributed by atoms with van der Waals surface area (Å²) < 4.78 is 62.4. The van der Waals surface area contributed by atoms with Gasteiger partial charge in [-0.15, -0.1) is 4.83 Å². The van der Waals surface area contributed by atoms with Gasteiger partial charge in [0, 0.05) is 17.1 Å². The summed E-state index contributed by atoms with van der Waals surface area (Å²) >= 11 is 0. The number of H-pyrrole nitrogens is 1. The van der Waals surface area contributed by atoms with Crippen molar-refractivity contribution < 1.29 is 26.4 Å². The van der Waals surface area contributed by atoms with Crippen LogP contribution in [-0.4, -0.2) is 19.3 Å². The van der Waals surface area contributed by atoms with Crippen LogP contribution in [0.4, 0.5) is 13.2 Å². The Labute approximate surface area is 146 Å². The van der Waals surface area contributed by atoms with Gasteiger partial charge in [-0.05, 0) is 24.3 Å². The van der Waals surface area contributed by atoms with Gasteiger partial charge in [-0.25, -0.2) is 8.42 Å². The number of benzene rings is 2. The van der Waals surface area contributed by atoms with Crippen molar-refractivity contribution in [2.45, 2.75) is 11.1 Å². The summed E-state index contributed by atoms with van der Waals surface area (Å²) in [6, 6.07) is 10.1. The largest absolute Gasteiger partial charge is 0.416 e. The molecule has 0 saturated carbocycles. The number of sulfonamides is 1. The smallest absolute Gasteiger partial charge is 0.360 e. The van der Waals surface area contributed by atoms with Crippen LogP contribution in [0.2, 0.25) is 0 Å². The normalized spacial score (nSPS) is 12.3. The lowest BCUT2D eigenvalue weighted by Crippen LogP contribution is -2.41. The van der Waals surface area contributed by atoms with E-state index in [-0.39, 0.29) is 5.56 Å². The second kappa shape index (κ2) is 6.46.